The third-order valence-corrected chi connectivity index (χ3v) is 3.16. The molecule has 92 valence electrons. The number of aryl methyl sites for hydroxylation is 1. The minimum atomic E-state index is -0.476. The largest absolute Gasteiger partial charge is 0.438 e. The summed E-state index contributed by atoms with van der Waals surface area (Å²) in [5.41, 5.74) is 0.589. The van der Waals surface area contributed by atoms with Gasteiger partial charge in [-0.2, -0.15) is 0 Å². The molecule has 6 heteroatoms. The average molecular weight is 356 g/mol. The Morgan fingerprint density at radius 1 is 1.39 bits per heavy atom. The van der Waals surface area contributed by atoms with Gasteiger partial charge in [0.1, 0.15) is 11.9 Å². The van der Waals surface area contributed by atoms with Crippen LogP contribution < -0.4 is 4.74 Å². The van der Waals surface area contributed by atoms with E-state index in [9.17, 15) is 10.1 Å². The maximum Gasteiger partial charge on any atom is 0.288 e. The van der Waals surface area contributed by atoms with Gasteiger partial charge in [-0.3, -0.25) is 10.1 Å². The highest BCUT2D eigenvalue weighted by Crippen LogP contribution is 2.28. The first-order valence-corrected chi connectivity index (χ1v) is 6.19. The van der Waals surface area contributed by atoms with Crippen LogP contribution in [-0.2, 0) is 0 Å². The van der Waals surface area contributed by atoms with E-state index in [-0.39, 0.29) is 5.69 Å². The van der Waals surface area contributed by atoms with Crippen LogP contribution in [0.1, 0.15) is 5.56 Å². The van der Waals surface area contributed by atoms with Crippen molar-refractivity contribution in [3.05, 3.63) is 55.8 Å². The predicted octanol–water partition coefficient (Wildman–Crippen LogP) is 3.70. The Morgan fingerprint density at radius 3 is 2.72 bits per heavy atom. The predicted molar refractivity (Wildman–Crippen MR) is 74.9 cm³/mol. The van der Waals surface area contributed by atoms with Crippen LogP contribution in [0.2, 0.25) is 0 Å². The van der Waals surface area contributed by atoms with Crippen LogP contribution in [0, 0.1) is 20.6 Å². The molecule has 0 aliphatic carbocycles. The van der Waals surface area contributed by atoms with Gasteiger partial charge in [0.2, 0.25) is 5.88 Å². The Balaban J connectivity index is 2.30. The van der Waals surface area contributed by atoms with E-state index in [0.29, 0.717) is 17.2 Å². The van der Waals surface area contributed by atoms with Gasteiger partial charge in [-0.1, -0.05) is 12.1 Å². The summed E-state index contributed by atoms with van der Waals surface area (Å²) in [5, 5.41) is 10.6. The molecule has 0 N–H and O–H groups in total. The zero-order valence-corrected chi connectivity index (χ0v) is 11.6. The number of nitrogens with zero attached hydrogens (tertiary/aromatic N) is 2. The van der Waals surface area contributed by atoms with Gasteiger partial charge in [-0.25, -0.2) is 4.98 Å². The molecular weight excluding hydrogens is 347 g/mol. The lowest BCUT2D eigenvalue weighted by atomic mass is 10.3. The second-order valence-corrected chi connectivity index (χ2v) is 4.77. The fraction of sp³-hybridized carbons (Fsp3) is 0.0833. The Kier molecular flexibility index (Phi) is 3.75. The molecule has 0 saturated heterocycles. The maximum absolute atomic E-state index is 10.6. The lowest BCUT2D eigenvalue weighted by molar-refractivity contribution is -0.385. The normalized spacial score (nSPS) is 10.1. The molecule has 1 aromatic carbocycles. The van der Waals surface area contributed by atoms with Crippen LogP contribution >= 0.6 is 22.6 Å². The van der Waals surface area contributed by atoms with E-state index in [2.05, 4.69) is 27.6 Å². The summed E-state index contributed by atoms with van der Waals surface area (Å²) >= 11 is 2.16. The number of nitro groups is 1. The van der Waals surface area contributed by atoms with E-state index in [1.54, 1.807) is 6.92 Å². The molecule has 5 nitrogen and oxygen atoms in total. The number of halogens is 1. The fourth-order valence-corrected chi connectivity index (χ4v) is 1.88. The zero-order chi connectivity index (χ0) is 13.1. The number of hydrogen-bond donors (Lipinski definition) is 0. The van der Waals surface area contributed by atoms with E-state index in [1.807, 2.05) is 24.3 Å². The summed E-state index contributed by atoms with van der Waals surface area (Å²) < 4.78 is 6.59. The number of ether oxygens (including phenoxy) is 1. The molecule has 2 aromatic rings. The van der Waals surface area contributed by atoms with Crippen molar-refractivity contribution in [3.8, 4) is 11.6 Å². The van der Waals surface area contributed by atoms with Gasteiger partial charge < -0.3 is 4.74 Å². The van der Waals surface area contributed by atoms with E-state index >= 15 is 0 Å². The molecule has 0 atom stereocenters. The van der Waals surface area contributed by atoms with Crippen molar-refractivity contribution in [3.63, 3.8) is 0 Å². The molecule has 18 heavy (non-hydrogen) atoms. The Hall–Kier alpha value is -1.70. The number of rotatable bonds is 3. The number of para-hydroxylation sites is 1. The van der Waals surface area contributed by atoms with E-state index in [1.165, 1.54) is 12.3 Å². The summed E-state index contributed by atoms with van der Waals surface area (Å²) in [6, 6.07) is 8.95. The molecular formula is C12H9IN2O3. The van der Waals surface area contributed by atoms with Crippen molar-refractivity contribution in [2.45, 2.75) is 6.92 Å². The summed E-state index contributed by atoms with van der Waals surface area (Å²) in [4.78, 5) is 14.1. The molecule has 0 aliphatic rings. The molecule has 1 heterocycles. The average Bonchev–Trinajstić information content (AvgIpc) is 2.34. The molecule has 0 bridgehead atoms. The van der Waals surface area contributed by atoms with Gasteiger partial charge in [0, 0.05) is 11.6 Å². The van der Waals surface area contributed by atoms with Crippen LogP contribution in [-0.4, -0.2) is 9.91 Å². The van der Waals surface area contributed by atoms with Crippen molar-refractivity contribution in [1.29, 1.82) is 0 Å². The van der Waals surface area contributed by atoms with Gasteiger partial charge in [0.15, 0.2) is 0 Å². The molecule has 0 saturated carbocycles. The molecule has 0 aliphatic heterocycles. The summed E-state index contributed by atoms with van der Waals surface area (Å²) in [6.45, 7) is 1.73. The van der Waals surface area contributed by atoms with E-state index in [0.717, 1.165) is 3.57 Å². The monoisotopic (exact) mass is 356 g/mol. The number of aromatic nitrogens is 1. The second kappa shape index (κ2) is 5.30. The van der Waals surface area contributed by atoms with Crippen molar-refractivity contribution >= 4 is 28.3 Å². The second-order valence-electron chi connectivity index (χ2n) is 3.61. The lowest BCUT2D eigenvalue weighted by Gasteiger charge is -2.08. The Bertz CT molecular complexity index is 602. The first-order valence-electron chi connectivity index (χ1n) is 5.11. The highest BCUT2D eigenvalue weighted by Gasteiger charge is 2.11. The smallest absolute Gasteiger partial charge is 0.288 e. The number of benzene rings is 1. The van der Waals surface area contributed by atoms with Crippen molar-refractivity contribution < 1.29 is 9.66 Å². The van der Waals surface area contributed by atoms with Crippen molar-refractivity contribution in [1.82, 2.24) is 4.98 Å². The maximum atomic E-state index is 10.6. The van der Waals surface area contributed by atoms with Gasteiger partial charge in [0.25, 0.3) is 5.69 Å². The molecule has 1 aromatic heterocycles. The Morgan fingerprint density at radius 2 is 2.11 bits per heavy atom. The highest BCUT2D eigenvalue weighted by atomic mass is 127. The number of hydrogen-bond acceptors (Lipinski definition) is 4. The first-order chi connectivity index (χ1) is 8.58. The van der Waals surface area contributed by atoms with Crippen LogP contribution in [0.5, 0.6) is 11.6 Å². The fourth-order valence-electron chi connectivity index (χ4n) is 1.39. The molecule has 0 radical (unpaired) electrons. The summed E-state index contributed by atoms with van der Waals surface area (Å²) in [7, 11) is 0. The topological polar surface area (TPSA) is 65.3 Å². The standard InChI is InChI=1S/C12H9IN2O3/c1-8-6-9(15(16)17)7-14-12(8)18-11-5-3-2-4-10(11)13/h2-7H,1H3. The quantitative estimate of drug-likeness (QED) is 0.478. The third kappa shape index (κ3) is 2.76. The van der Waals surface area contributed by atoms with Gasteiger partial charge >= 0.3 is 0 Å². The van der Waals surface area contributed by atoms with Crippen molar-refractivity contribution in [2.75, 3.05) is 0 Å². The van der Waals surface area contributed by atoms with Crippen LogP contribution in [0.25, 0.3) is 0 Å². The summed E-state index contributed by atoms with van der Waals surface area (Å²) in [5.74, 6) is 1.06. The van der Waals surface area contributed by atoms with E-state index < -0.39 is 4.92 Å². The molecule has 0 amide bonds. The van der Waals surface area contributed by atoms with Crippen LogP contribution in [0.3, 0.4) is 0 Å². The minimum absolute atomic E-state index is 0.0393. The van der Waals surface area contributed by atoms with Gasteiger partial charge in [-0.05, 0) is 41.6 Å². The Labute approximate surface area is 117 Å². The molecule has 0 fully saturated rings. The summed E-state index contributed by atoms with van der Waals surface area (Å²) in [6.07, 6.45) is 1.19. The van der Waals surface area contributed by atoms with Gasteiger partial charge in [0.05, 0.1) is 8.49 Å². The number of pyridine rings is 1. The molecule has 0 unspecified atom stereocenters. The first kappa shape index (κ1) is 12.7. The minimum Gasteiger partial charge on any atom is -0.438 e. The van der Waals surface area contributed by atoms with Gasteiger partial charge in [-0.15, -0.1) is 0 Å². The van der Waals surface area contributed by atoms with Crippen LogP contribution in [0.4, 0.5) is 5.69 Å². The van der Waals surface area contributed by atoms with E-state index in [4.69, 9.17) is 4.74 Å². The lowest BCUT2D eigenvalue weighted by Crippen LogP contribution is -1.95. The van der Waals surface area contributed by atoms with Crippen LogP contribution in [0.15, 0.2) is 36.5 Å². The third-order valence-electron chi connectivity index (χ3n) is 2.27. The SMILES string of the molecule is Cc1cc([N+](=O)[O-])cnc1Oc1ccccc1I. The molecule has 0 spiro atoms. The molecule has 2 rings (SSSR count). The highest BCUT2D eigenvalue weighted by molar-refractivity contribution is 14.1. The zero-order valence-electron chi connectivity index (χ0n) is 9.46. The van der Waals surface area contributed by atoms with Crippen molar-refractivity contribution in [2.24, 2.45) is 0 Å².